The molecule has 3 aliphatic carbocycles. The lowest BCUT2D eigenvalue weighted by Crippen LogP contribution is -2.59. The van der Waals surface area contributed by atoms with E-state index >= 15 is 4.79 Å². The topological polar surface area (TPSA) is 145 Å². The van der Waals surface area contributed by atoms with E-state index in [2.05, 4.69) is 44.2 Å². The highest BCUT2D eigenvalue weighted by molar-refractivity contribution is 7.15. The van der Waals surface area contributed by atoms with Gasteiger partial charge in [0.2, 0.25) is 0 Å². The molecule has 17 atom stereocenters. The minimum Gasteiger partial charge on any atom is -0.489 e. The molecule has 4 heterocycles. The Morgan fingerprint density at radius 3 is 2.36 bits per heavy atom. The van der Waals surface area contributed by atoms with Gasteiger partial charge in [0.15, 0.2) is 23.5 Å². The molecule has 4 fully saturated rings. The summed E-state index contributed by atoms with van der Waals surface area (Å²) in [6, 6.07) is 18.4. The number of rotatable bonds is 14. The number of nitrogens with one attached hydrogen (secondary N) is 1. The molecule has 1 aromatic heterocycles. The molecule has 1 N–H and O–H groups in total. The first-order valence-electron chi connectivity index (χ1n) is 25.7. The van der Waals surface area contributed by atoms with Gasteiger partial charge in [-0.05, 0) is 114 Å². The fourth-order valence-corrected chi connectivity index (χ4v) is 13.9. The fourth-order valence-electron chi connectivity index (χ4n) is 12.7. The lowest BCUT2D eigenvalue weighted by atomic mass is 9.67. The first kappa shape index (κ1) is 51.1. The molecule has 3 aliphatic heterocycles. The third-order valence-corrected chi connectivity index (χ3v) is 17.3. The number of fused-ring (bicyclic) bond motifs is 8. The molecule has 2 aromatic carbocycles. The van der Waals surface area contributed by atoms with E-state index in [4.69, 9.17) is 47.6 Å². The number of ketones is 1. The van der Waals surface area contributed by atoms with Crippen molar-refractivity contribution in [2.24, 2.45) is 23.7 Å². The minimum absolute atomic E-state index is 0.00663. The van der Waals surface area contributed by atoms with Crippen LogP contribution in [-0.4, -0.2) is 125 Å². The molecule has 9 rings (SSSR count). The van der Waals surface area contributed by atoms with Gasteiger partial charge < -0.3 is 52.8 Å². The second-order valence-electron chi connectivity index (χ2n) is 20.7. The van der Waals surface area contributed by atoms with Gasteiger partial charge in [0.1, 0.15) is 36.8 Å². The number of thiazole rings is 1. The average molecular weight is 986 g/mol. The fraction of sp³-hybridized carbons (Fsp3) is 0.655. The highest BCUT2D eigenvalue weighted by Gasteiger charge is 2.57. The number of Topliss-reactive ketones (excluding diaryl/α,β-unsaturated/α-hetero) is 1. The Balaban J connectivity index is 1.04. The Morgan fingerprint density at radius 2 is 1.63 bits per heavy atom. The molecular formula is C55H75N3O11S. The van der Waals surface area contributed by atoms with Crippen LogP contribution in [0.15, 0.2) is 66.2 Å². The molecule has 14 nitrogen and oxygen atoms in total. The zero-order chi connectivity index (χ0) is 49.2. The van der Waals surface area contributed by atoms with Crippen molar-refractivity contribution in [1.29, 1.82) is 0 Å². The van der Waals surface area contributed by atoms with Gasteiger partial charge in [-0.3, -0.25) is 9.59 Å². The van der Waals surface area contributed by atoms with Gasteiger partial charge in [0, 0.05) is 67.7 Å². The third kappa shape index (κ3) is 10.8. The second kappa shape index (κ2) is 22.6. The molecule has 0 spiro atoms. The molecule has 15 heteroatoms. The number of hydrogen-bond donors (Lipinski definition) is 1. The number of anilines is 2. The summed E-state index contributed by atoms with van der Waals surface area (Å²) in [7, 11) is 9.15. The number of carbonyl (C=O) groups is 2. The van der Waals surface area contributed by atoms with Crippen LogP contribution in [0.2, 0.25) is 0 Å². The third-order valence-electron chi connectivity index (χ3n) is 16.2. The summed E-state index contributed by atoms with van der Waals surface area (Å²) in [4.78, 5) is 38.4. The van der Waals surface area contributed by atoms with E-state index in [1.54, 1.807) is 32.7 Å². The zero-order valence-corrected chi connectivity index (χ0v) is 43.3. The maximum atomic E-state index is 15.4. The predicted molar refractivity (Wildman–Crippen MR) is 266 cm³/mol. The van der Waals surface area contributed by atoms with Gasteiger partial charge in [-0.1, -0.05) is 56.3 Å². The Hall–Kier alpha value is -3.77. The Kier molecular flexibility index (Phi) is 16.5. The van der Waals surface area contributed by atoms with Gasteiger partial charge in [-0.2, -0.15) is 0 Å². The molecule has 3 saturated heterocycles. The number of methoxy groups -OCH3 is 3. The van der Waals surface area contributed by atoms with E-state index in [1.807, 2.05) is 68.4 Å². The van der Waals surface area contributed by atoms with Crippen LogP contribution in [-0.2, 0) is 54.1 Å². The maximum Gasteiger partial charge on any atom is 0.306 e. The number of hydrogen-bond acceptors (Lipinski definition) is 15. The smallest absolute Gasteiger partial charge is 0.306 e. The van der Waals surface area contributed by atoms with E-state index in [9.17, 15) is 4.79 Å². The second-order valence-corrected chi connectivity index (χ2v) is 21.7. The van der Waals surface area contributed by atoms with Crippen LogP contribution in [0.3, 0.4) is 0 Å². The number of cyclic esters (lactones) is 1. The highest BCUT2D eigenvalue weighted by atomic mass is 32.1. The first-order valence-corrected chi connectivity index (χ1v) is 26.6. The lowest BCUT2D eigenvalue weighted by Gasteiger charge is -2.44. The summed E-state index contributed by atoms with van der Waals surface area (Å²) in [5, 5.41) is 4.37. The molecule has 3 aromatic rings. The van der Waals surface area contributed by atoms with Crippen LogP contribution in [0, 0.1) is 23.7 Å². The average Bonchev–Trinajstić information content (AvgIpc) is 4.07. The van der Waals surface area contributed by atoms with E-state index in [0.717, 1.165) is 64.8 Å². The molecule has 6 aliphatic rings. The van der Waals surface area contributed by atoms with Gasteiger partial charge in [0.25, 0.3) is 0 Å². The highest BCUT2D eigenvalue weighted by Crippen LogP contribution is 2.63. The Morgan fingerprint density at radius 1 is 0.843 bits per heavy atom. The van der Waals surface area contributed by atoms with Crippen molar-refractivity contribution in [3.63, 3.8) is 0 Å². The van der Waals surface area contributed by atoms with Crippen molar-refractivity contribution in [2.75, 3.05) is 40.7 Å². The maximum absolute atomic E-state index is 15.4. The molecule has 70 heavy (non-hydrogen) atoms. The van der Waals surface area contributed by atoms with Crippen molar-refractivity contribution in [2.45, 2.75) is 171 Å². The monoisotopic (exact) mass is 986 g/mol. The Bertz CT molecular complexity index is 2280. The largest absolute Gasteiger partial charge is 0.489 e. The molecule has 0 amide bonds. The molecular weight excluding hydrogens is 911 g/mol. The number of esters is 1. The van der Waals surface area contributed by atoms with Crippen molar-refractivity contribution in [3.05, 3.63) is 82.4 Å². The SMILES string of the molecule is CC[C@H]1CCC[C@H](O[C@H]2CC[C@H](N(C)C)C(C)O2)[C@@H](C)C(=O)C2=C[C@@H]3C(c4nc(Nc5cccc(OCc6ccccc6)c5)sc4C4C[C@@H](O[C@@H]5OC(C)[C@H](OC)C(OC)C5OC)C[C@H]43)[C@@H]2CC(=O)O1. The Labute approximate surface area is 418 Å². The molecule has 6 unspecified atom stereocenters. The lowest BCUT2D eigenvalue weighted by molar-refractivity contribution is -0.314. The summed E-state index contributed by atoms with van der Waals surface area (Å²) in [6.07, 6.45) is 4.87. The van der Waals surface area contributed by atoms with Crippen molar-refractivity contribution in [3.8, 4) is 5.75 Å². The van der Waals surface area contributed by atoms with E-state index in [-0.39, 0.29) is 78.5 Å². The van der Waals surface area contributed by atoms with Gasteiger partial charge in [-0.25, -0.2) is 4.98 Å². The molecule has 1 saturated carbocycles. The molecule has 0 bridgehead atoms. The predicted octanol–water partition coefficient (Wildman–Crippen LogP) is 9.35. The number of nitrogens with zero attached hydrogens (tertiary/aromatic N) is 2. The van der Waals surface area contributed by atoms with Gasteiger partial charge in [-0.15, -0.1) is 11.3 Å². The van der Waals surface area contributed by atoms with Crippen LogP contribution >= 0.6 is 11.3 Å². The van der Waals surface area contributed by atoms with Crippen molar-refractivity contribution in [1.82, 2.24) is 9.88 Å². The summed E-state index contributed by atoms with van der Waals surface area (Å²) in [6.45, 7) is 8.61. The van der Waals surface area contributed by atoms with Crippen LogP contribution in [0.5, 0.6) is 5.75 Å². The van der Waals surface area contributed by atoms with Crippen molar-refractivity contribution >= 4 is 33.9 Å². The van der Waals surface area contributed by atoms with E-state index in [0.29, 0.717) is 37.5 Å². The molecule has 0 radical (unpaired) electrons. The van der Waals surface area contributed by atoms with Gasteiger partial charge >= 0.3 is 5.97 Å². The van der Waals surface area contributed by atoms with E-state index < -0.39 is 36.6 Å². The van der Waals surface area contributed by atoms with Crippen LogP contribution < -0.4 is 10.1 Å². The number of allylic oxidation sites excluding steroid dienone is 2. The number of benzene rings is 2. The molecule has 382 valence electrons. The minimum atomic E-state index is -0.686. The van der Waals surface area contributed by atoms with Crippen molar-refractivity contribution < 1.29 is 52.2 Å². The zero-order valence-electron chi connectivity index (χ0n) is 42.5. The normalized spacial score (nSPS) is 36.7. The number of ether oxygens (including phenoxy) is 9. The quantitative estimate of drug-likeness (QED) is 0.153. The van der Waals surface area contributed by atoms with Crippen LogP contribution in [0.25, 0.3) is 0 Å². The van der Waals surface area contributed by atoms with E-state index in [1.165, 1.54) is 0 Å². The first-order chi connectivity index (χ1) is 33.9. The summed E-state index contributed by atoms with van der Waals surface area (Å²) < 4.78 is 57.1. The standard InChI is InChI=1S/C55H75N3O11S/c1-10-35-19-15-21-44(69-46-23-22-43(58(5)6)31(3)65-46)30(2)49(60)41-27-39-38-25-37(68-54-52(63-9)51(62-8)50(61-7)32(4)66-54)26-42(38)53-48(47(39)40(41)28-45(59)67-35)57-55(70-53)56-34-18-14-20-36(24-34)64-29-33-16-12-11-13-17-33/h11-14,16-18,20,24,27,30-32,35,37-40,42-44,46-47,50-52,54H,10,15,19,21-23,25-26,28-29H2,1-9H3,(H,56,57)/t30-,31?,32?,35+,37+,38+,39+,40-,42?,43+,44+,46+,47?,50+,51?,52?,54+/m1/s1. The van der Waals surface area contributed by atoms with Crippen LogP contribution in [0.1, 0.15) is 113 Å². The summed E-state index contributed by atoms with van der Waals surface area (Å²) >= 11 is 1.65. The summed E-state index contributed by atoms with van der Waals surface area (Å²) in [5.41, 5.74) is 3.56. The number of aromatic nitrogens is 1. The van der Waals surface area contributed by atoms with Crippen LogP contribution in [0.4, 0.5) is 10.8 Å². The number of likely N-dealkylation sites (N-methyl/N-ethyl adjacent to an activating group) is 1. The summed E-state index contributed by atoms with van der Waals surface area (Å²) in [5.74, 6) is -0.531. The van der Waals surface area contributed by atoms with Gasteiger partial charge in [0.05, 0.1) is 36.5 Å². The number of carbonyl (C=O) groups excluding carboxylic acids is 2.